The van der Waals surface area contributed by atoms with E-state index in [9.17, 15) is 15.0 Å². The molecule has 2 aliphatic rings. The molecule has 1 amide bonds. The van der Waals surface area contributed by atoms with Crippen molar-refractivity contribution in [2.24, 2.45) is 0 Å². The average molecular weight is 544 g/mol. The summed E-state index contributed by atoms with van der Waals surface area (Å²) in [5.41, 5.74) is 3.12. The number of rotatable bonds is 7. The molecule has 35 heavy (non-hydrogen) atoms. The first-order chi connectivity index (χ1) is 16.8. The molecule has 0 saturated carbocycles. The Morgan fingerprint density at radius 1 is 1.03 bits per heavy atom. The number of ether oxygens (including phenoxy) is 2. The summed E-state index contributed by atoms with van der Waals surface area (Å²) < 4.78 is 10.7. The minimum Gasteiger partial charge on any atom is -0.395 e. The quantitative estimate of drug-likeness (QED) is 0.446. The normalized spacial score (nSPS) is 25.5. The van der Waals surface area contributed by atoms with Gasteiger partial charge in [0.15, 0.2) is 6.29 Å². The zero-order valence-corrected chi connectivity index (χ0v) is 21.3. The summed E-state index contributed by atoms with van der Waals surface area (Å²) in [5.74, 6) is -0.740. The van der Waals surface area contributed by atoms with Crippen LogP contribution >= 0.6 is 34.8 Å². The highest BCUT2D eigenvalue weighted by Gasteiger charge is 2.35. The lowest BCUT2D eigenvalue weighted by Gasteiger charge is -2.38. The van der Waals surface area contributed by atoms with Crippen molar-refractivity contribution in [1.82, 2.24) is 4.90 Å². The molecule has 190 valence electrons. The summed E-state index contributed by atoms with van der Waals surface area (Å²) >= 11 is 16.9. The van der Waals surface area contributed by atoms with Crippen LogP contribution in [0.2, 0.25) is 0 Å². The minimum absolute atomic E-state index is 0.0150. The number of carbonyl (C=O) groups excluding carboxylic acids is 1. The maximum absolute atomic E-state index is 11.9. The van der Waals surface area contributed by atoms with Crippen LogP contribution in [0.15, 0.2) is 48.5 Å². The number of likely N-dealkylation sites (tertiary alicyclic amines) is 1. The number of carbonyl (C=O) groups is 1. The molecule has 2 fully saturated rings. The van der Waals surface area contributed by atoms with Crippen LogP contribution < -0.4 is 5.32 Å². The summed E-state index contributed by atoms with van der Waals surface area (Å²) in [6.45, 7) is 1.76. The van der Waals surface area contributed by atoms with Crippen LogP contribution in [0, 0.1) is 0 Å². The van der Waals surface area contributed by atoms with Crippen molar-refractivity contribution < 1.29 is 24.5 Å². The molecular weight excluding hydrogens is 515 g/mol. The topological polar surface area (TPSA) is 91.3 Å². The van der Waals surface area contributed by atoms with Crippen LogP contribution in [0.3, 0.4) is 0 Å². The van der Waals surface area contributed by atoms with Crippen LogP contribution in [0.25, 0.3) is 0 Å². The maximum atomic E-state index is 11.9. The molecule has 7 nitrogen and oxygen atoms in total. The summed E-state index contributed by atoms with van der Waals surface area (Å²) in [4.78, 5) is 14.2. The van der Waals surface area contributed by atoms with Crippen LogP contribution in [0.1, 0.15) is 48.3 Å². The van der Waals surface area contributed by atoms with Crippen molar-refractivity contribution in [3.63, 3.8) is 0 Å². The van der Waals surface area contributed by atoms with Crippen LogP contribution in [0.5, 0.6) is 0 Å². The third-order valence-electron chi connectivity index (χ3n) is 6.46. The molecule has 0 aromatic heterocycles. The van der Waals surface area contributed by atoms with Crippen LogP contribution in [-0.2, 0) is 20.9 Å². The van der Waals surface area contributed by atoms with Crippen molar-refractivity contribution >= 4 is 46.4 Å². The second kappa shape index (κ2) is 11.8. The first kappa shape index (κ1) is 26.6. The Morgan fingerprint density at radius 3 is 2.34 bits per heavy atom. The fourth-order valence-electron chi connectivity index (χ4n) is 4.56. The third kappa shape index (κ3) is 6.87. The van der Waals surface area contributed by atoms with E-state index in [4.69, 9.17) is 44.3 Å². The smallest absolute Gasteiger partial charge is 0.276 e. The Labute approximate surface area is 219 Å². The molecule has 4 rings (SSSR count). The number of amides is 1. The molecule has 0 spiro atoms. The first-order valence-corrected chi connectivity index (χ1v) is 12.7. The Morgan fingerprint density at radius 2 is 1.71 bits per heavy atom. The van der Waals surface area contributed by atoms with Crippen LogP contribution in [-0.4, -0.2) is 56.7 Å². The monoisotopic (exact) mass is 542 g/mol. The molecule has 3 N–H and O–H groups in total. The molecule has 0 aliphatic carbocycles. The van der Waals surface area contributed by atoms with Gasteiger partial charge in [-0.15, -0.1) is 0 Å². The second-order valence-corrected chi connectivity index (χ2v) is 11.2. The molecule has 2 aromatic carbocycles. The number of aliphatic hydroxyl groups is 2. The van der Waals surface area contributed by atoms with Gasteiger partial charge in [-0.2, -0.15) is 0 Å². The Bertz CT molecular complexity index is 984. The molecule has 0 bridgehead atoms. The molecule has 10 heteroatoms. The van der Waals surface area contributed by atoms with Gasteiger partial charge in [-0.25, -0.2) is 0 Å². The molecule has 4 atom stereocenters. The fraction of sp³-hybridized carbons (Fsp3) is 0.480. The lowest BCUT2D eigenvalue weighted by Crippen LogP contribution is -2.42. The number of alkyl halides is 3. The van der Waals surface area contributed by atoms with Crippen molar-refractivity contribution in [1.29, 1.82) is 0 Å². The minimum atomic E-state index is -2.05. The lowest BCUT2D eigenvalue weighted by atomic mass is 9.99. The van der Waals surface area contributed by atoms with E-state index in [0.29, 0.717) is 18.7 Å². The Hall–Kier alpha value is -1.42. The summed E-state index contributed by atoms with van der Waals surface area (Å²) in [6, 6.07) is 14.9. The van der Waals surface area contributed by atoms with Gasteiger partial charge in [0.25, 0.3) is 9.70 Å². The predicted octanol–water partition coefficient (Wildman–Crippen LogP) is 4.49. The van der Waals surface area contributed by atoms with E-state index in [0.717, 1.165) is 36.1 Å². The third-order valence-corrected chi connectivity index (χ3v) is 6.98. The first-order valence-electron chi connectivity index (χ1n) is 11.6. The molecule has 2 heterocycles. The largest absolute Gasteiger partial charge is 0.395 e. The highest BCUT2D eigenvalue weighted by Crippen LogP contribution is 2.39. The van der Waals surface area contributed by atoms with E-state index in [1.54, 1.807) is 24.3 Å². The highest BCUT2D eigenvalue weighted by atomic mass is 35.6. The zero-order chi connectivity index (χ0) is 25.0. The lowest BCUT2D eigenvalue weighted by molar-refractivity contribution is -0.253. The highest BCUT2D eigenvalue weighted by molar-refractivity contribution is 6.76. The molecule has 2 aromatic rings. The van der Waals surface area contributed by atoms with Gasteiger partial charge in [-0.1, -0.05) is 71.2 Å². The number of hydrogen-bond donors (Lipinski definition) is 3. The number of anilines is 1. The average Bonchev–Trinajstić information content (AvgIpc) is 3.30. The van der Waals surface area contributed by atoms with Gasteiger partial charge in [0.1, 0.15) is 0 Å². The molecule has 0 unspecified atom stereocenters. The van der Waals surface area contributed by atoms with Crippen LogP contribution in [0.4, 0.5) is 5.69 Å². The molecule has 2 aliphatic heterocycles. The van der Waals surface area contributed by atoms with Gasteiger partial charge in [0.05, 0.1) is 25.4 Å². The van der Waals surface area contributed by atoms with Gasteiger partial charge >= 0.3 is 0 Å². The van der Waals surface area contributed by atoms with Gasteiger partial charge in [0, 0.05) is 30.3 Å². The number of aliphatic hydroxyl groups excluding tert-OH is 2. The molecular formula is C25H29Cl3N2O5. The van der Waals surface area contributed by atoms with E-state index in [-0.39, 0.29) is 31.5 Å². The zero-order valence-electron chi connectivity index (χ0n) is 19.1. The number of nitrogens with one attached hydrogen (secondary N) is 1. The SMILES string of the molecule is O=C(Nc1ccc([C@@H]2O[C@H](CN3CCC[C@H]3CO)C[C@H](c3ccc(CO)cc3)O2)cc1)C(Cl)(Cl)Cl. The summed E-state index contributed by atoms with van der Waals surface area (Å²) in [5, 5.41) is 21.7. The number of halogens is 3. The number of hydrogen-bond acceptors (Lipinski definition) is 6. The molecule has 2 saturated heterocycles. The van der Waals surface area contributed by atoms with Gasteiger partial charge in [0.2, 0.25) is 0 Å². The predicted molar refractivity (Wildman–Crippen MR) is 135 cm³/mol. The number of benzene rings is 2. The van der Waals surface area contributed by atoms with Gasteiger partial charge in [-0.05, 0) is 42.6 Å². The summed E-state index contributed by atoms with van der Waals surface area (Å²) in [7, 11) is 0. The van der Waals surface area contributed by atoms with Gasteiger partial charge in [-0.3, -0.25) is 9.69 Å². The fourth-order valence-corrected chi connectivity index (χ4v) is 4.70. The van der Waals surface area contributed by atoms with Crippen molar-refractivity contribution in [3.8, 4) is 0 Å². The van der Waals surface area contributed by atoms with Gasteiger partial charge < -0.3 is 25.0 Å². The van der Waals surface area contributed by atoms with Crippen molar-refractivity contribution in [3.05, 3.63) is 65.2 Å². The van der Waals surface area contributed by atoms with E-state index in [1.165, 1.54) is 0 Å². The number of nitrogens with zero attached hydrogens (tertiary/aromatic N) is 1. The standard InChI is InChI=1S/C25H29Cl3N2O5/c26-25(27,28)24(33)29-19-9-7-18(8-10-19)23-34-21(13-30-11-1-2-20(30)15-32)12-22(35-23)17-5-3-16(14-31)4-6-17/h3-10,20-23,31-32H,1-2,11-15H2,(H,29,33)/t20-,21-,22+,23+/m0/s1. The van der Waals surface area contributed by atoms with E-state index in [2.05, 4.69) is 10.2 Å². The van der Waals surface area contributed by atoms with Crippen molar-refractivity contribution in [2.45, 2.75) is 54.2 Å². The summed E-state index contributed by atoms with van der Waals surface area (Å²) in [6.07, 6.45) is 1.78. The van der Waals surface area contributed by atoms with E-state index in [1.807, 2.05) is 24.3 Å². The van der Waals surface area contributed by atoms with Crippen molar-refractivity contribution in [2.75, 3.05) is 25.0 Å². The molecule has 0 radical (unpaired) electrons. The van der Waals surface area contributed by atoms with E-state index >= 15 is 0 Å². The second-order valence-electron chi connectivity index (χ2n) is 8.90. The van der Waals surface area contributed by atoms with E-state index < -0.39 is 16.0 Å². The Kier molecular flexibility index (Phi) is 8.94. The maximum Gasteiger partial charge on any atom is 0.276 e. The Balaban J connectivity index is 1.52.